The number of allylic oxidation sites excluding steroid dienone is 4. The van der Waals surface area contributed by atoms with E-state index in [0.717, 1.165) is 31.3 Å². The van der Waals surface area contributed by atoms with E-state index in [9.17, 15) is 9.59 Å². The van der Waals surface area contributed by atoms with Crippen molar-refractivity contribution in [3.05, 3.63) is 34.4 Å². The molecule has 0 aromatic heterocycles. The number of hydrogen-bond donors (Lipinski definition) is 0. The molecule has 2 unspecified atom stereocenters. The second-order valence-corrected chi connectivity index (χ2v) is 6.99. The average Bonchev–Trinajstić information content (AvgIpc) is 2.93. The lowest BCUT2D eigenvalue weighted by atomic mass is 9.92. The first-order valence-electron chi connectivity index (χ1n) is 10.2. The first-order valence-corrected chi connectivity index (χ1v) is 10.6. The molecule has 1 amide bonds. The molecule has 2 aliphatic heterocycles. The van der Waals surface area contributed by atoms with Gasteiger partial charge in [0.2, 0.25) is 0 Å². The minimum absolute atomic E-state index is 0.0902. The van der Waals surface area contributed by atoms with E-state index in [-0.39, 0.29) is 24.0 Å². The number of fused-ring (bicyclic) bond motifs is 2. The number of halogens is 1. The highest BCUT2D eigenvalue weighted by atomic mass is 35.5. The standard InChI is InChI=1S/C20H28ClNO3.C2H6/c1-4-7-16(21)13-15(19(23)5-2)10-14-11-17-8-9-18(12-14)22(17)20(24)25-6-3;1-2/h7,11,13,17-18H,4-6,8-10,12H2,1-3H3;1-2H3/b15-13+,16-7+;. The molecular formula is C22H34ClNO3. The number of Topliss-reactive ketones (excluding diaryl/α,β-unsaturated/α-hetero) is 1. The minimum Gasteiger partial charge on any atom is -0.450 e. The van der Waals surface area contributed by atoms with Crippen molar-refractivity contribution >= 4 is 23.5 Å². The van der Waals surface area contributed by atoms with Gasteiger partial charge in [-0.05, 0) is 45.1 Å². The van der Waals surface area contributed by atoms with Crippen LogP contribution in [0.3, 0.4) is 0 Å². The molecule has 1 fully saturated rings. The Morgan fingerprint density at radius 1 is 1.26 bits per heavy atom. The van der Waals surface area contributed by atoms with Gasteiger partial charge in [-0.2, -0.15) is 0 Å². The number of rotatable bonds is 7. The lowest BCUT2D eigenvalue weighted by Gasteiger charge is -2.33. The third kappa shape index (κ3) is 6.53. The quantitative estimate of drug-likeness (QED) is 0.294. The molecule has 0 saturated carbocycles. The van der Waals surface area contributed by atoms with Crippen molar-refractivity contribution in [3.63, 3.8) is 0 Å². The van der Waals surface area contributed by atoms with Crippen LogP contribution in [0.25, 0.3) is 0 Å². The van der Waals surface area contributed by atoms with E-state index in [1.165, 1.54) is 5.57 Å². The van der Waals surface area contributed by atoms with Crippen molar-refractivity contribution in [1.82, 2.24) is 4.90 Å². The molecule has 0 aromatic rings. The van der Waals surface area contributed by atoms with Gasteiger partial charge in [0.1, 0.15) is 0 Å². The van der Waals surface area contributed by atoms with E-state index in [4.69, 9.17) is 16.3 Å². The summed E-state index contributed by atoms with van der Waals surface area (Å²) in [5.41, 5.74) is 1.98. The van der Waals surface area contributed by atoms with Crippen LogP contribution < -0.4 is 0 Å². The molecule has 2 heterocycles. The van der Waals surface area contributed by atoms with Gasteiger partial charge in [0.05, 0.1) is 12.6 Å². The van der Waals surface area contributed by atoms with E-state index in [2.05, 4.69) is 6.08 Å². The Hall–Kier alpha value is -1.55. The van der Waals surface area contributed by atoms with Crippen molar-refractivity contribution in [3.8, 4) is 0 Å². The van der Waals surface area contributed by atoms with Crippen LogP contribution in [0.15, 0.2) is 34.4 Å². The van der Waals surface area contributed by atoms with Crippen LogP contribution in [0.1, 0.15) is 73.1 Å². The van der Waals surface area contributed by atoms with Gasteiger partial charge in [-0.1, -0.05) is 57.0 Å². The molecule has 2 rings (SSSR count). The zero-order valence-corrected chi connectivity index (χ0v) is 18.1. The second kappa shape index (κ2) is 12.0. The maximum absolute atomic E-state index is 12.3. The predicted molar refractivity (Wildman–Crippen MR) is 112 cm³/mol. The van der Waals surface area contributed by atoms with Crippen molar-refractivity contribution in [2.45, 2.75) is 85.2 Å². The van der Waals surface area contributed by atoms with Crippen LogP contribution in [0.5, 0.6) is 0 Å². The summed E-state index contributed by atoms with van der Waals surface area (Å²) in [6, 6.07) is 0.274. The summed E-state index contributed by atoms with van der Waals surface area (Å²) in [6.45, 7) is 10.1. The highest BCUT2D eigenvalue weighted by Gasteiger charge is 2.40. The number of carbonyl (C=O) groups excluding carboxylic acids is 2. The largest absolute Gasteiger partial charge is 0.450 e. The lowest BCUT2D eigenvalue weighted by Crippen LogP contribution is -2.43. The summed E-state index contributed by atoms with van der Waals surface area (Å²) >= 11 is 6.21. The Morgan fingerprint density at radius 3 is 2.52 bits per heavy atom. The first-order chi connectivity index (χ1) is 13.0. The molecule has 0 aromatic carbocycles. The summed E-state index contributed by atoms with van der Waals surface area (Å²) in [5.74, 6) is 0.128. The van der Waals surface area contributed by atoms with Crippen LogP contribution in [-0.2, 0) is 9.53 Å². The maximum Gasteiger partial charge on any atom is 0.410 e. The number of ketones is 1. The van der Waals surface area contributed by atoms with Crippen molar-refractivity contribution in [2.24, 2.45) is 0 Å². The Balaban J connectivity index is 0.00000176. The first kappa shape index (κ1) is 23.5. The fourth-order valence-corrected chi connectivity index (χ4v) is 3.94. The van der Waals surface area contributed by atoms with Gasteiger partial charge in [0.15, 0.2) is 5.78 Å². The van der Waals surface area contributed by atoms with E-state index < -0.39 is 0 Å². The summed E-state index contributed by atoms with van der Waals surface area (Å²) in [7, 11) is 0. The van der Waals surface area contributed by atoms with Gasteiger partial charge in [-0.15, -0.1) is 0 Å². The number of carbonyl (C=O) groups is 2. The Kier molecular flexibility index (Phi) is 10.5. The minimum atomic E-state index is -0.223. The molecule has 0 spiro atoms. The molecule has 27 heavy (non-hydrogen) atoms. The molecule has 2 atom stereocenters. The molecule has 0 N–H and O–H groups in total. The summed E-state index contributed by atoms with van der Waals surface area (Å²) < 4.78 is 5.18. The predicted octanol–water partition coefficient (Wildman–Crippen LogP) is 6.16. The van der Waals surface area contributed by atoms with Crippen LogP contribution in [0.4, 0.5) is 4.79 Å². The van der Waals surface area contributed by atoms with Gasteiger partial charge in [-0.3, -0.25) is 9.69 Å². The van der Waals surface area contributed by atoms with Crippen LogP contribution in [-0.4, -0.2) is 35.5 Å². The topological polar surface area (TPSA) is 46.6 Å². The van der Waals surface area contributed by atoms with Gasteiger partial charge >= 0.3 is 6.09 Å². The molecule has 5 heteroatoms. The average molecular weight is 396 g/mol. The monoisotopic (exact) mass is 395 g/mol. The van der Waals surface area contributed by atoms with Crippen LogP contribution in [0.2, 0.25) is 0 Å². The molecule has 0 aliphatic carbocycles. The molecule has 152 valence electrons. The van der Waals surface area contributed by atoms with Crippen molar-refractivity contribution in [2.75, 3.05) is 6.61 Å². The molecule has 0 radical (unpaired) electrons. The lowest BCUT2D eigenvalue weighted by molar-refractivity contribution is -0.115. The molecule has 2 bridgehead atoms. The third-order valence-corrected chi connectivity index (χ3v) is 5.02. The maximum atomic E-state index is 12.3. The smallest absolute Gasteiger partial charge is 0.410 e. The number of hydrogen-bond acceptors (Lipinski definition) is 3. The zero-order chi connectivity index (χ0) is 20.4. The molecule has 2 aliphatic rings. The third-order valence-electron chi connectivity index (χ3n) is 4.76. The summed E-state index contributed by atoms with van der Waals surface area (Å²) in [4.78, 5) is 26.3. The second-order valence-electron chi connectivity index (χ2n) is 6.55. The van der Waals surface area contributed by atoms with E-state index >= 15 is 0 Å². The molecule has 4 nitrogen and oxygen atoms in total. The Bertz CT molecular complexity index is 607. The van der Waals surface area contributed by atoms with Crippen molar-refractivity contribution < 1.29 is 14.3 Å². The van der Waals surface area contributed by atoms with Crippen LogP contribution >= 0.6 is 11.6 Å². The fourth-order valence-electron chi connectivity index (χ4n) is 3.65. The van der Waals surface area contributed by atoms with E-state index in [0.29, 0.717) is 24.5 Å². The number of ether oxygens (including phenoxy) is 1. The molecular weight excluding hydrogens is 362 g/mol. The SMILES string of the molecule is CC.CC/C=C(Cl)\C=C(/CC1=CC2CCC(C1)N2C(=O)OCC)C(=O)CC. The normalized spacial score (nSPS) is 22.0. The Morgan fingerprint density at radius 2 is 1.96 bits per heavy atom. The van der Waals surface area contributed by atoms with Gasteiger partial charge in [0, 0.05) is 23.1 Å². The van der Waals surface area contributed by atoms with Crippen molar-refractivity contribution in [1.29, 1.82) is 0 Å². The summed E-state index contributed by atoms with van der Waals surface area (Å²) in [5, 5.41) is 0.617. The highest BCUT2D eigenvalue weighted by molar-refractivity contribution is 6.31. The number of amides is 1. The van der Waals surface area contributed by atoms with Gasteiger partial charge in [-0.25, -0.2) is 4.79 Å². The molecule has 1 saturated heterocycles. The zero-order valence-electron chi connectivity index (χ0n) is 17.4. The van der Waals surface area contributed by atoms with Gasteiger partial charge < -0.3 is 4.74 Å². The summed E-state index contributed by atoms with van der Waals surface area (Å²) in [6.07, 6.45) is 10.3. The van der Waals surface area contributed by atoms with Crippen LogP contribution in [0, 0.1) is 0 Å². The van der Waals surface area contributed by atoms with E-state index in [1.54, 1.807) is 6.08 Å². The van der Waals surface area contributed by atoms with E-state index in [1.807, 2.05) is 45.6 Å². The van der Waals surface area contributed by atoms with Gasteiger partial charge in [0.25, 0.3) is 0 Å². The number of nitrogens with zero attached hydrogens (tertiary/aromatic N) is 1. The highest BCUT2D eigenvalue weighted by Crippen LogP contribution is 2.37. The fraction of sp³-hybridized carbons (Fsp3) is 0.636. The Labute approximate surface area is 169 Å².